The predicted molar refractivity (Wildman–Crippen MR) is 81.6 cm³/mol. The molecule has 2 atom stereocenters. The highest BCUT2D eigenvalue weighted by Crippen LogP contribution is 2.29. The Morgan fingerprint density at radius 2 is 2.00 bits per heavy atom. The number of nitrogens with zero attached hydrogens (tertiary/aromatic N) is 4. The van der Waals surface area contributed by atoms with E-state index in [9.17, 15) is 0 Å². The lowest BCUT2D eigenvalue weighted by atomic mass is 10.1. The molecule has 2 aliphatic heterocycles. The normalized spacial score (nSPS) is 25.0. The fourth-order valence-electron chi connectivity index (χ4n) is 3.26. The van der Waals surface area contributed by atoms with E-state index in [0.717, 1.165) is 32.1 Å². The van der Waals surface area contributed by atoms with Gasteiger partial charge in [0.15, 0.2) is 0 Å². The number of para-hydroxylation sites is 1. The molecule has 0 N–H and O–H groups in total. The van der Waals surface area contributed by atoms with E-state index in [0.29, 0.717) is 6.04 Å². The van der Waals surface area contributed by atoms with Gasteiger partial charge in [0.2, 0.25) is 0 Å². The molecule has 21 heavy (non-hydrogen) atoms. The third kappa shape index (κ3) is 2.34. The predicted octanol–water partition coefficient (Wildman–Crippen LogP) is 1.57. The van der Waals surface area contributed by atoms with Gasteiger partial charge in [0.1, 0.15) is 5.82 Å². The Morgan fingerprint density at radius 3 is 2.81 bits per heavy atom. The first-order valence-electron chi connectivity index (χ1n) is 7.36. The summed E-state index contributed by atoms with van der Waals surface area (Å²) >= 11 is 0. The van der Waals surface area contributed by atoms with Crippen molar-refractivity contribution in [2.45, 2.75) is 12.1 Å². The van der Waals surface area contributed by atoms with Crippen molar-refractivity contribution in [2.24, 2.45) is 0 Å². The number of rotatable bonds is 2. The Labute approximate surface area is 124 Å². The van der Waals surface area contributed by atoms with Crippen molar-refractivity contribution in [3.05, 3.63) is 48.9 Å². The Morgan fingerprint density at radius 1 is 1.10 bits per heavy atom. The zero-order valence-electron chi connectivity index (χ0n) is 11.8. The van der Waals surface area contributed by atoms with Crippen LogP contribution in [0.25, 0.3) is 0 Å². The third-order valence-electron chi connectivity index (χ3n) is 4.27. The first-order valence-corrected chi connectivity index (χ1v) is 7.36. The van der Waals surface area contributed by atoms with Crippen LogP contribution in [0.5, 0.6) is 0 Å². The molecule has 5 heteroatoms. The highest BCUT2D eigenvalue weighted by atomic mass is 16.5. The van der Waals surface area contributed by atoms with Gasteiger partial charge in [-0.25, -0.2) is 4.98 Å². The van der Waals surface area contributed by atoms with Crippen molar-refractivity contribution in [1.29, 1.82) is 0 Å². The zero-order valence-corrected chi connectivity index (χ0v) is 11.8. The van der Waals surface area contributed by atoms with Gasteiger partial charge in [0.05, 0.1) is 24.9 Å². The Hall–Kier alpha value is -2.14. The van der Waals surface area contributed by atoms with Gasteiger partial charge in [-0.2, -0.15) is 0 Å². The van der Waals surface area contributed by atoms with Gasteiger partial charge in [-0.15, -0.1) is 0 Å². The highest BCUT2D eigenvalue weighted by molar-refractivity contribution is 5.50. The SMILES string of the molecule is c1ccc(N2C[C@@H]3OCCN(c4cnccn4)[C@@H]3C2)cc1. The fourth-order valence-corrected chi connectivity index (χ4v) is 3.26. The summed E-state index contributed by atoms with van der Waals surface area (Å²) in [4.78, 5) is 13.4. The average molecular weight is 282 g/mol. The Kier molecular flexibility index (Phi) is 3.20. The van der Waals surface area contributed by atoms with Crippen LogP contribution in [-0.4, -0.2) is 48.4 Å². The van der Waals surface area contributed by atoms with Crippen molar-refractivity contribution >= 4 is 11.5 Å². The summed E-state index contributed by atoms with van der Waals surface area (Å²) in [5.74, 6) is 0.950. The molecule has 2 saturated heterocycles. The molecule has 0 unspecified atom stereocenters. The number of ether oxygens (including phenoxy) is 1. The summed E-state index contributed by atoms with van der Waals surface area (Å²) in [5.41, 5.74) is 1.26. The minimum Gasteiger partial charge on any atom is -0.372 e. The zero-order chi connectivity index (χ0) is 14.1. The van der Waals surface area contributed by atoms with Crippen LogP contribution in [-0.2, 0) is 4.74 Å². The standard InChI is InChI=1S/C16H18N4O/c1-2-4-13(5-3-1)19-11-14-15(12-19)21-9-8-20(14)16-10-17-6-7-18-16/h1-7,10,14-15H,8-9,11-12H2/t14-,15+/m1/s1. The van der Waals surface area contributed by atoms with E-state index in [-0.39, 0.29) is 6.10 Å². The van der Waals surface area contributed by atoms with Crippen molar-refractivity contribution in [1.82, 2.24) is 9.97 Å². The van der Waals surface area contributed by atoms with E-state index in [1.807, 2.05) is 6.20 Å². The number of morpholine rings is 1. The fraction of sp³-hybridized carbons (Fsp3) is 0.375. The second-order valence-electron chi connectivity index (χ2n) is 5.47. The second-order valence-corrected chi connectivity index (χ2v) is 5.47. The monoisotopic (exact) mass is 282 g/mol. The number of benzene rings is 1. The number of hydrogen-bond donors (Lipinski definition) is 0. The van der Waals surface area contributed by atoms with Gasteiger partial charge in [-0.1, -0.05) is 18.2 Å². The van der Waals surface area contributed by atoms with Crippen molar-refractivity contribution < 1.29 is 4.74 Å². The van der Waals surface area contributed by atoms with E-state index in [2.05, 4.69) is 50.1 Å². The number of anilines is 2. The first-order chi connectivity index (χ1) is 10.4. The van der Waals surface area contributed by atoms with Crippen LogP contribution in [0.2, 0.25) is 0 Å². The molecule has 0 radical (unpaired) electrons. The number of aromatic nitrogens is 2. The number of fused-ring (bicyclic) bond motifs is 1. The molecule has 0 spiro atoms. The molecule has 1 aromatic carbocycles. The molecule has 0 saturated carbocycles. The molecule has 2 aromatic rings. The van der Waals surface area contributed by atoms with Gasteiger partial charge in [-0.3, -0.25) is 4.98 Å². The van der Waals surface area contributed by atoms with Gasteiger partial charge in [0.25, 0.3) is 0 Å². The van der Waals surface area contributed by atoms with Gasteiger partial charge < -0.3 is 14.5 Å². The van der Waals surface area contributed by atoms with Crippen molar-refractivity contribution in [2.75, 3.05) is 36.0 Å². The van der Waals surface area contributed by atoms with Crippen LogP contribution >= 0.6 is 0 Å². The van der Waals surface area contributed by atoms with E-state index in [4.69, 9.17) is 4.74 Å². The first kappa shape index (κ1) is 12.6. The molecule has 0 bridgehead atoms. The van der Waals surface area contributed by atoms with Crippen LogP contribution in [0.3, 0.4) is 0 Å². The molecule has 0 amide bonds. The van der Waals surface area contributed by atoms with Crippen molar-refractivity contribution in [3.63, 3.8) is 0 Å². The Balaban J connectivity index is 1.58. The van der Waals surface area contributed by atoms with Crippen LogP contribution < -0.4 is 9.80 Å². The largest absolute Gasteiger partial charge is 0.372 e. The quantitative estimate of drug-likeness (QED) is 0.836. The molecule has 2 fully saturated rings. The smallest absolute Gasteiger partial charge is 0.147 e. The van der Waals surface area contributed by atoms with E-state index in [1.54, 1.807) is 12.4 Å². The van der Waals surface area contributed by atoms with Crippen LogP contribution in [0.4, 0.5) is 11.5 Å². The lowest BCUT2D eigenvalue weighted by Gasteiger charge is -2.37. The summed E-state index contributed by atoms with van der Waals surface area (Å²) in [6, 6.07) is 10.9. The second kappa shape index (κ2) is 5.33. The van der Waals surface area contributed by atoms with Crippen LogP contribution in [0, 0.1) is 0 Å². The summed E-state index contributed by atoms with van der Waals surface area (Å²) in [6.45, 7) is 3.53. The molecule has 1 aromatic heterocycles. The minimum absolute atomic E-state index is 0.237. The lowest BCUT2D eigenvalue weighted by molar-refractivity contribution is 0.0352. The van der Waals surface area contributed by atoms with Gasteiger partial charge >= 0.3 is 0 Å². The van der Waals surface area contributed by atoms with Crippen LogP contribution in [0.15, 0.2) is 48.9 Å². The summed E-state index contributed by atoms with van der Waals surface area (Å²) in [7, 11) is 0. The average Bonchev–Trinajstić information content (AvgIpc) is 3.00. The summed E-state index contributed by atoms with van der Waals surface area (Å²) in [6.07, 6.45) is 5.55. The molecule has 4 rings (SSSR count). The van der Waals surface area contributed by atoms with Crippen molar-refractivity contribution in [3.8, 4) is 0 Å². The molecule has 2 aliphatic rings. The topological polar surface area (TPSA) is 41.5 Å². The molecular weight excluding hydrogens is 264 g/mol. The molecule has 5 nitrogen and oxygen atoms in total. The van der Waals surface area contributed by atoms with Crippen LogP contribution in [0.1, 0.15) is 0 Å². The minimum atomic E-state index is 0.237. The lowest BCUT2D eigenvalue weighted by Crippen LogP contribution is -2.51. The maximum Gasteiger partial charge on any atom is 0.147 e. The van der Waals surface area contributed by atoms with Gasteiger partial charge in [0, 0.05) is 37.7 Å². The summed E-state index contributed by atoms with van der Waals surface area (Å²) in [5, 5.41) is 0. The Bertz CT molecular complexity index is 592. The van der Waals surface area contributed by atoms with E-state index < -0.39 is 0 Å². The number of hydrogen-bond acceptors (Lipinski definition) is 5. The molecule has 0 aliphatic carbocycles. The maximum absolute atomic E-state index is 5.97. The molecule has 108 valence electrons. The maximum atomic E-state index is 5.97. The third-order valence-corrected chi connectivity index (χ3v) is 4.27. The van der Waals surface area contributed by atoms with E-state index in [1.165, 1.54) is 5.69 Å². The summed E-state index contributed by atoms with van der Waals surface area (Å²) < 4.78 is 5.97. The van der Waals surface area contributed by atoms with Gasteiger partial charge in [-0.05, 0) is 12.1 Å². The molecule has 3 heterocycles. The highest BCUT2D eigenvalue weighted by Gasteiger charge is 2.40. The molecular formula is C16H18N4O. The van der Waals surface area contributed by atoms with E-state index >= 15 is 0 Å².